The first-order valence-corrected chi connectivity index (χ1v) is 7.45. The van der Waals surface area contributed by atoms with Gasteiger partial charge in [-0.05, 0) is 49.7 Å². The van der Waals surface area contributed by atoms with Crippen LogP contribution in [0.15, 0.2) is 18.2 Å². The number of likely N-dealkylation sites (N-methyl/N-ethyl adjacent to an activating group) is 1. The molecule has 5 heteroatoms. The maximum absolute atomic E-state index is 13.6. The molecule has 1 saturated heterocycles. The average molecular weight is 292 g/mol. The first-order valence-electron chi connectivity index (χ1n) is 7.45. The summed E-state index contributed by atoms with van der Waals surface area (Å²) in [5.41, 5.74) is 2.30. The Bertz CT molecular complexity index is 553. The summed E-state index contributed by atoms with van der Waals surface area (Å²) in [5, 5.41) is 8.77. The molecule has 1 spiro atoms. The van der Waals surface area contributed by atoms with Crippen molar-refractivity contribution in [2.75, 3.05) is 38.1 Å². The predicted molar refractivity (Wildman–Crippen MR) is 79.3 cm³/mol. The minimum atomic E-state index is -0.747. The standard InChI is InChI=1S/C16H21FN2O2/c1-18-11-16(13-10-12(17)2-3-14(13)18)5-8-19(9-6-16)7-4-15(20)21/h2-3,10H,4-9,11H2,1H3,(H,20,21). The first-order chi connectivity index (χ1) is 10.00. The van der Waals surface area contributed by atoms with Crippen LogP contribution in [0.5, 0.6) is 0 Å². The van der Waals surface area contributed by atoms with Crippen molar-refractivity contribution >= 4 is 11.7 Å². The molecule has 1 fully saturated rings. The highest BCUT2D eigenvalue weighted by Gasteiger charge is 2.43. The minimum absolute atomic E-state index is 0.0336. The van der Waals surface area contributed by atoms with Crippen LogP contribution in [0.4, 0.5) is 10.1 Å². The van der Waals surface area contributed by atoms with Gasteiger partial charge in [0.15, 0.2) is 0 Å². The number of anilines is 1. The van der Waals surface area contributed by atoms with Crippen molar-refractivity contribution in [3.8, 4) is 0 Å². The van der Waals surface area contributed by atoms with E-state index in [0.717, 1.165) is 43.7 Å². The molecule has 1 aromatic rings. The Morgan fingerprint density at radius 2 is 2.10 bits per heavy atom. The lowest BCUT2D eigenvalue weighted by Crippen LogP contribution is -2.45. The van der Waals surface area contributed by atoms with E-state index < -0.39 is 5.97 Å². The zero-order valence-corrected chi connectivity index (χ0v) is 12.3. The van der Waals surface area contributed by atoms with E-state index in [-0.39, 0.29) is 17.7 Å². The SMILES string of the molecule is CN1CC2(CCN(CCC(=O)O)CC2)c2cc(F)ccc21. The van der Waals surface area contributed by atoms with Crippen molar-refractivity contribution in [1.82, 2.24) is 4.90 Å². The molecule has 0 aromatic heterocycles. The number of halogens is 1. The number of aliphatic carboxylic acids is 1. The smallest absolute Gasteiger partial charge is 0.304 e. The molecule has 0 atom stereocenters. The van der Waals surface area contributed by atoms with Crippen LogP contribution < -0.4 is 4.90 Å². The molecule has 2 aliphatic heterocycles. The number of nitrogens with zero attached hydrogens (tertiary/aromatic N) is 2. The van der Waals surface area contributed by atoms with Gasteiger partial charge in [0.25, 0.3) is 0 Å². The van der Waals surface area contributed by atoms with Crippen LogP contribution in [0, 0.1) is 5.82 Å². The van der Waals surface area contributed by atoms with E-state index in [4.69, 9.17) is 5.11 Å². The molecule has 0 unspecified atom stereocenters. The summed E-state index contributed by atoms with van der Waals surface area (Å²) >= 11 is 0. The van der Waals surface area contributed by atoms with Crippen LogP contribution in [0.25, 0.3) is 0 Å². The Morgan fingerprint density at radius 1 is 1.38 bits per heavy atom. The second-order valence-corrected chi connectivity index (χ2v) is 6.28. The molecule has 0 amide bonds. The molecular formula is C16H21FN2O2. The van der Waals surface area contributed by atoms with E-state index in [1.54, 1.807) is 6.07 Å². The minimum Gasteiger partial charge on any atom is -0.481 e. The van der Waals surface area contributed by atoms with Crippen LogP contribution >= 0.6 is 0 Å². The van der Waals surface area contributed by atoms with Gasteiger partial charge in [-0.3, -0.25) is 4.79 Å². The van der Waals surface area contributed by atoms with Gasteiger partial charge in [0.1, 0.15) is 5.82 Å². The summed E-state index contributed by atoms with van der Waals surface area (Å²) in [6, 6.07) is 5.08. The second kappa shape index (κ2) is 5.30. The van der Waals surface area contributed by atoms with E-state index >= 15 is 0 Å². The van der Waals surface area contributed by atoms with Crippen molar-refractivity contribution < 1.29 is 14.3 Å². The van der Waals surface area contributed by atoms with Crippen LogP contribution in [0.3, 0.4) is 0 Å². The summed E-state index contributed by atoms with van der Waals surface area (Å²) in [7, 11) is 2.06. The molecule has 3 rings (SSSR count). The van der Waals surface area contributed by atoms with Gasteiger partial charge in [-0.1, -0.05) is 0 Å². The van der Waals surface area contributed by atoms with E-state index in [1.165, 1.54) is 6.07 Å². The van der Waals surface area contributed by atoms with Crippen molar-refractivity contribution in [2.45, 2.75) is 24.7 Å². The topological polar surface area (TPSA) is 43.8 Å². The third-order valence-corrected chi connectivity index (χ3v) is 4.94. The lowest BCUT2D eigenvalue weighted by molar-refractivity contribution is -0.137. The van der Waals surface area contributed by atoms with Gasteiger partial charge in [-0.25, -0.2) is 4.39 Å². The Hall–Kier alpha value is -1.62. The van der Waals surface area contributed by atoms with Crippen molar-refractivity contribution in [3.05, 3.63) is 29.6 Å². The predicted octanol–water partition coefficient (Wildman–Crippen LogP) is 2.08. The van der Waals surface area contributed by atoms with Gasteiger partial charge in [0.2, 0.25) is 0 Å². The van der Waals surface area contributed by atoms with Gasteiger partial charge in [-0.15, -0.1) is 0 Å². The molecule has 0 radical (unpaired) electrons. The van der Waals surface area contributed by atoms with Gasteiger partial charge in [0, 0.05) is 31.2 Å². The fraction of sp³-hybridized carbons (Fsp3) is 0.562. The molecule has 0 saturated carbocycles. The van der Waals surface area contributed by atoms with Crippen LogP contribution in [-0.4, -0.2) is 49.2 Å². The van der Waals surface area contributed by atoms with E-state index in [2.05, 4.69) is 16.8 Å². The normalized spacial score (nSPS) is 20.8. The van der Waals surface area contributed by atoms with Gasteiger partial charge in [-0.2, -0.15) is 0 Å². The molecule has 1 N–H and O–H groups in total. The van der Waals surface area contributed by atoms with E-state index in [1.807, 2.05) is 6.07 Å². The summed E-state index contributed by atoms with van der Waals surface area (Å²) in [6.07, 6.45) is 2.12. The number of carboxylic acids is 1. The molecule has 114 valence electrons. The number of carbonyl (C=O) groups is 1. The molecule has 21 heavy (non-hydrogen) atoms. The summed E-state index contributed by atoms with van der Waals surface area (Å²) in [5.74, 6) is -0.917. The summed E-state index contributed by atoms with van der Waals surface area (Å²) in [4.78, 5) is 15.1. The van der Waals surface area contributed by atoms with Gasteiger partial charge in [0.05, 0.1) is 6.42 Å². The average Bonchev–Trinajstić information content (AvgIpc) is 2.71. The number of likely N-dealkylation sites (tertiary alicyclic amines) is 1. The summed E-state index contributed by atoms with van der Waals surface area (Å²) in [6.45, 7) is 3.31. The summed E-state index contributed by atoms with van der Waals surface area (Å²) < 4.78 is 13.6. The monoisotopic (exact) mass is 292 g/mol. The number of piperidine rings is 1. The largest absolute Gasteiger partial charge is 0.481 e. The third-order valence-electron chi connectivity index (χ3n) is 4.94. The number of hydrogen-bond acceptors (Lipinski definition) is 3. The zero-order valence-electron chi connectivity index (χ0n) is 12.3. The number of benzene rings is 1. The van der Waals surface area contributed by atoms with Crippen LogP contribution in [-0.2, 0) is 10.2 Å². The lowest BCUT2D eigenvalue weighted by atomic mass is 9.74. The van der Waals surface area contributed by atoms with Gasteiger partial charge >= 0.3 is 5.97 Å². The third kappa shape index (κ3) is 2.62. The Morgan fingerprint density at radius 3 is 2.76 bits per heavy atom. The molecule has 0 bridgehead atoms. The fourth-order valence-electron chi connectivity index (χ4n) is 3.78. The first kappa shape index (κ1) is 14.3. The van der Waals surface area contributed by atoms with Crippen LogP contribution in [0.2, 0.25) is 0 Å². The van der Waals surface area contributed by atoms with Crippen LogP contribution in [0.1, 0.15) is 24.8 Å². The van der Waals surface area contributed by atoms with Gasteiger partial charge < -0.3 is 14.9 Å². The molecule has 1 aromatic carbocycles. The Labute approximate surface area is 124 Å². The highest BCUT2D eigenvalue weighted by Crippen LogP contribution is 2.46. The van der Waals surface area contributed by atoms with E-state index in [0.29, 0.717) is 6.54 Å². The number of fused-ring (bicyclic) bond motifs is 2. The second-order valence-electron chi connectivity index (χ2n) is 6.28. The number of carboxylic acid groups (broad SMARTS) is 1. The fourth-order valence-corrected chi connectivity index (χ4v) is 3.78. The number of hydrogen-bond donors (Lipinski definition) is 1. The molecular weight excluding hydrogens is 271 g/mol. The maximum atomic E-state index is 13.6. The van der Waals surface area contributed by atoms with Crippen molar-refractivity contribution in [3.63, 3.8) is 0 Å². The maximum Gasteiger partial charge on any atom is 0.304 e. The highest BCUT2D eigenvalue weighted by molar-refractivity contribution is 5.67. The molecule has 0 aliphatic carbocycles. The zero-order chi connectivity index (χ0) is 15.0. The quantitative estimate of drug-likeness (QED) is 0.926. The Kier molecular flexibility index (Phi) is 3.61. The molecule has 2 heterocycles. The van der Waals surface area contributed by atoms with Crippen molar-refractivity contribution in [1.29, 1.82) is 0 Å². The Balaban J connectivity index is 1.74. The molecule has 4 nitrogen and oxygen atoms in total. The van der Waals surface area contributed by atoms with Crippen molar-refractivity contribution in [2.24, 2.45) is 0 Å². The highest BCUT2D eigenvalue weighted by atomic mass is 19.1. The molecule has 2 aliphatic rings. The number of rotatable bonds is 3. The lowest BCUT2D eigenvalue weighted by Gasteiger charge is -2.39. The van der Waals surface area contributed by atoms with E-state index in [9.17, 15) is 9.18 Å².